The molecule has 1 aromatic rings. The van der Waals surface area contributed by atoms with Gasteiger partial charge < -0.3 is 9.47 Å². The van der Waals surface area contributed by atoms with Crippen molar-refractivity contribution in [3.8, 4) is 0 Å². The number of halogens is 1. The van der Waals surface area contributed by atoms with Crippen molar-refractivity contribution in [1.82, 2.24) is 0 Å². The normalized spacial score (nSPS) is 10.3. The van der Waals surface area contributed by atoms with Crippen LogP contribution in [0.15, 0.2) is 18.2 Å². The fraction of sp³-hybridized carbons (Fsp3) is 0.462. The third-order valence-electron chi connectivity index (χ3n) is 2.48. The summed E-state index contributed by atoms with van der Waals surface area (Å²) in [5.41, 5.74) is -0.484. The standard InChI is InChI=1S/C13H16ClNO5/c1-2-3-6-19-7-8-20-13(16)11-9-10(14)4-5-12(11)15(17)18/h4-5,9H,2-3,6-8H2,1H3. The van der Waals surface area contributed by atoms with E-state index >= 15 is 0 Å². The molecule has 0 aromatic heterocycles. The smallest absolute Gasteiger partial charge is 0.345 e. The molecule has 0 saturated heterocycles. The van der Waals surface area contributed by atoms with E-state index in [2.05, 4.69) is 0 Å². The molecule has 0 fully saturated rings. The monoisotopic (exact) mass is 301 g/mol. The summed E-state index contributed by atoms with van der Waals surface area (Å²) in [6.07, 6.45) is 1.96. The highest BCUT2D eigenvalue weighted by atomic mass is 35.5. The number of carbonyl (C=O) groups excluding carboxylic acids is 1. The first kappa shape index (κ1) is 16.4. The number of carbonyl (C=O) groups is 1. The number of unbranched alkanes of at least 4 members (excludes halogenated alkanes) is 1. The summed E-state index contributed by atoms with van der Waals surface area (Å²) < 4.78 is 10.2. The Morgan fingerprint density at radius 3 is 2.75 bits per heavy atom. The number of hydrogen-bond acceptors (Lipinski definition) is 5. The van der Waals surface area contributed by atoms with Crippen molar-refractivity contribution in [2.75, 3.05) is 19.8 Å². The first-order valence-corrected chi connectivity index (χ1v) is 6.63. The fourth-order valence-corrected chi connectivity index (χ4v) is 1.62. The molecule has 0 unspecified atom stereocenters. The third-order valence-corrected chi connectivity index (χ3v) is 2.71. The lowest BCUT2D eigenvalue weighted by Crippen LogP contribution is -2.12. The third kappa shape index (κ3) is 5.14. The van der Waals surface area contributed by atoms with Gasteiger partial charge in [-0.05, 0) is 18.6 Å². The van der Waals surface area contributed by atoms with Crippen molar-refractivity contribution in [2.24, 2.45) is 0 Å². The minimum atomic E-state index is -0.779. The van der Waals surface area contributed by atoms with E-state index in [0.717, 1.165) is 12.8 Å². The molecule has 0 bridgehead atoms. The van der Waals surface area contributed by atoms with Crippen molar-refractivity contribution in [3.05, 3.63) is 38.9 Å². The summed E-state index contributed by atoms with van der Waals surface area (Å²) in [5.74, 6) is -0.779. The highest BCUT2D eigenvalue weighted by molar-refractivity contribution is 6.31. The van der Waals surface area contributed by atoms with Gasteiger partial charge in [0.1, 0.15) is 12.2 Å². The Morgan fingerprint density at radius 2 is 2.10 bits per heavy atom. The highest BCUT2D eigenvalue weighted by Gasteiger charge is 2.21. The van der Waals surface area contributed by atoms with Crippen LogP contribution in [0.5, 0.6) is 0 Å². The Morgan fingerprint density at radius 1 is 1.35 bits per heavy atom. The molecule has 0 aliphatic heterocycles. The molecule has 0 heterocycles. The molecule has 0 saturated carbocycles. The van der Waals surface area contributed by atoms with E-state index in [1.807, 2.05) is 6.92 Å². The van der Waals surface area contributed by atoms with Crippen LogP contribution in [0.4, 0.5) is 5.69 Å². The zero-order valence-corrected chi connectivity index (χ0v) is 11.9. The van der Waals surface area contributed by atoms with Crippen LogP contribution >= 0.6 is 11.6 Å². The number of benzene rings is 1. The number of ether oxygens (including phenoxy) is 2. The summed E-state index contributed by atoms with van der Waals surface area (Å²) in [6, 6.07) is 3.75. The average Bonchev–Trinajstić information content (AvgIpc) is 2.42. The Labute approximate surface area is 121 Å². The van der Waals surface area contributed by atoms with Crippen molar-refractivity contribution >= 4 is 23.3 Å². The second-order valence-electron chi connectivity index (χ2n) is 4.02. The van der Waals surface area contributed by atoms with Crippen molar-refractivity contribution < 1.29 is 19.2 Å². The van der Waals surface area contributed by atoms with E-state index in [9.17, 15) is 14.9 Å². The number of nitro benzene ring substituents is 1. The molecule has 0 N–H and O–H groups in total. The maximum atomic E-state index is 11.8. The van der Waals surface area contributed by atoms with Gasteiger partial charge in [-0.1, -0.05) is 24.9 Å². The second kappa shape index (κ2) is 8.50. The van der Waals surface area contributed by atoms with E-state index in [-0.39, 0.29) is 29.5 Å². The van der Waals surface area contributed by atoms with Gasteiger partial charge in [-0.2, -0.15) is 0 Å². The second-order valence-corrected chi connectivity index (χ2v) is 4.46. The van der Waals surface area contributed by atoms with E-state index in [1.54, 1.807) is 0 Å². The summed E-state index contributed by atoms with van der Waals surface area (Å²) in [5, 5.41) is 11.1. The number of nitro groups is 1. The van der Waals surface area contributed by atoms with E-state index < -0.39 is 10.9 Å². The summed E-state index contributed by atoms with van der Waals surface area (Å²) >= 11 is 5.73. The SMILES string of the molecule is CCCCOCCOC(=O)c1cc(Cl)ccc1[N+](=O)[O-]. The van der Waals surface area contributed by atoms with Crippen LogP contribution in [0.1, 0.15) is 30.1 Å². The molecule has 7 heteroatoms. The molecule has 1 aromatic carbocycles. The molecular formula is C13H16ClNO5. The van der Waals surface area contributed by atoms with Gasteiger partial charge in [0, 0.05) is 17.7 Å². The molecule has 6 nitrogen and oxygen atoms in total. The highest BCUT2D eigenvalue weighted by Crippen LogP contribution is 2.23. The minimum absolute atomic E-state index is 0.0478. The van der Waals surface area contributed by atoms with Crippen molar-refractivity contribution in [2.45, 2.75) is 19.8 Å². The van der Waals surface area contributed by atoms with Gasteiger partial charge in [-0.3, -0.25) is 10.1 Å². The lowest BCUT2D eigenvalue weighted by atomic mass is 10.2. The van der Waals surface area contributed by atoms with E-state index in [4.69, 9.17) is 21.1 Å². The van der Waals surface area contributed by atoms with Gasteiger partial charge in [0.15, 0.2) is 0 Å². The van der Waals surface area contributed by atoms with Crippen LogP contribution in [0, 0.1) is 10.1 Å². The molecular weight excluding hydrogens is 286 g/mol. The van der Waals surface area contributed by atoms with Gasteiger partial charge in [0.2, 0.25) is 0 Å². The average molecular weight is 302 g/mol. The maximum absolute atomic E-state index is 11.8. The summed E-state index contributed by atoms with van der Waals surface area (Å²) in [6.45, 7) is 2.96. The lowest BCUT2D eigenvalue weighted by Gasteiger charge is -2.06. The van der Waals surface area contributed by atoms with Gasteiger partial charge in [0.05, 0.1) is 11.5 Å². The quantitative estimate of drug-likeness (QED) is 0.319. The van der Waals surface area contributed by atoms with Crippen LogP contribution in [0.2, 0.25) is 5.02 Å². The molecule has 110 valence electrons. The van der Waals surface area contributed by atoms with Crippen LogP contribution in [0.25, 0.3) is 0 Å². The zero-order chi connectivity index (χ0) is 15.0. The van der Waals surface area contributed by atoms with E-state index in [1.165, 1.54) is 18.2 Å². The number of hydrogen-bond donors (Lipinski definition) is 0. The Hall–Kier alpha value is -1.66. The van der Waals surface area contributed by atoms with Gasteiger partial charge in [-0.25, -0.2) is 4.79 Å². The van der Waals surface area contributed by atoms with Gasteiger partial charge >= 0.3 is 5.97 Å². The largest absolute Gasteiger partial charge is 0.459 e. The number of nitrogens with zero attached hydrogens (tertiary/aromatic N) is 1. The Bertz CT molecular complexity index is 478. The van der Waals surface area contributed by atoms with Crippen LogP contribution in [-0.4, -0.2) is 30.7 Å². The Kier molecular flexibility index (Phi) is 6.97. The molecule has 0 aliphatic carbocycles. The number of rotatable bonds is 8. The molecule has 0 radical (unpaired) electrons. The molecule has 0 amide bonds. The Balaban J connectivity index is 2.54. The van der Waals surface area contributed by atoms with Gasteiger partial charge in [-0.15, -0.1) is 0 Å². The summed E-state index contributed by atoms with van der Waals surface area (Å²) in [4.78, 5) is 21.9. The number of esters is 1. The van der Waals surface area contributed by atoms with Crippen LogP contribution in [-0.2, 0) is 9.47 Å². The predicted octanol–water partition coefficient (Wildman–Crippen LogP) is 3.22. The van der Waals surface area contributed by atoms with Crippen LogP contribution < -0.4 is 0 Å². The fourth-order valence-electron chi connectivity index (χ4n) is 1.45. The molecule has 20 heavy (non-hydrogen) atoms. The summed E-state index contributed by atoms with van der Waals surface area (Å²) in [7, 11) is 0. The molecule has 0 aliphatic rings. The lowest BCUT2D eigenvalue weighted by molar-refractivity contribution is -0.385. The van der Waals surface area contributed by atoms with E-state index in [0.29, 0.717) is 6.61 Å². The first-order chi connectivity index (χ1) is 9.56. The molecule has 1 rings (SSSR count). The first-order valence-electron chi connectivity index (χ1n) is 6.25. The zero-order valence-electron chi connectivity index (χ0n) is 11.1. The minimum Gasteiger partial charge on any atom is -0.459 e. The van der Waals surface area contributed by atoms with Crippen molar-refractivity contribution in [1.29, 1.82) is 0 Å². The van der Waals surface area contributed by atoms with Crippen molar-refractivity contribution in [3.63, 3.8) is 0 Å². The maximum Gasteiger partial charge on any atom is 0.345 e. The van der Waals surface area contributed by atoms with Gasteiger partial charge in [0.25, 0.3) is 5.69 Å². The van der Waals surface area contributed by atoms with Crippen LogP contribution in [0.3, 0.4) is 0 Å². The topological polar surface area (TPSA) is 78.7 Å². The molecule has 0 spiro atoms. The predicted molar refractivity (Wildman–Crippen MR) is 74.1 cm³/mol. The molecule has 0 atom stereocenters.